The zero-order valence-corrected chi connectivity index (χ0v) is 10.3. The highest BCUT2D eigenvalue weighted by atomic mass is 35.5. The number of alkyl halides is 1. The van der Waals surface area contributed by atoms with Crippen molar-refractivity contribution < 1.29 is 4.74 Å². The van der Waals surface area contributed by atoms with Crippen molar-refractivity contribution in [1.82, 2.24) is 4.90 Å². The lowest BCUT2D eigenvalue weighted by Crippen LogP contribution is -2.29. The van der Waals surface area contributed by atoms with E-state index in [1.54, 1.807) is 7.11 Å². The molecule has 0 heterocycles. The summed E-state index contributed by atoms with van der Waals surface area (Å²) < 4.78 is 5.11. The van der Waals surface area contributed by atoms with Crippen molar-refractivity contribution in [3.8, 4) is 5.75 Å². The molecule has 2 nitrogen and oxygen atoms in total. The Labute approximate surface area is 96.8 Å². The van der Waals surface area contributed by atoms with Crippen LogP contribution in [0.3, 0.4) is 0 Å². The summed E-state index contributed by atoms with van der Waals surface area (Å²) in [5, 5.41) is 0. The van der Waals surface area contributed by atoms with Gasteiger partial charge in [0.2, 0.25) is 0 Å². The van der Waals surface area contributed by atoms with E-state index in [2.05, 4.69) is 31.0 Å². The van der Waals surface area contributed by atoms with Gasteiger partial charge in [-0.3, -0.25) is 4.90 Å². The van der Waals surface area contributed by atoms with Gasteiger partial charge >= 0.3 is 0 Å². The zero-order chi connectivity index (χ0) is 11.3. The van der Waals surface area contributed by atoms with E-state index in [4.69, 9.17) is 16.3 Å². The molecule has 0 spiro atoms. The van der Waals surface area contributed by atoms with Crippen LogP contribution in [-0.4, -0.2) is 31.0 Å². The van der Waals surface area contributed by atoms with Crippen LogP contribution >= 0.6 is 11.6 Å². The molecule has 0 aliphatic heterocycles. The van der Waals surface area contributed by atoms with Crippen LogP contribution < -0.4 is 4.74 Å². The number of nitrogens with zero attached hydrogens (tertiary/aromatic N) is 1. The second-order valence-corrected chi connectivity index (χ2v) is 4.08. The molecule has 0 bridgehead atoms. The van der Waals surface area contributed by atoms with E-state index in [1.165, 1.54) is 5.56 Å². The zero-order valence-electron chi connectivity index (χ0n) is 9.53. The number of hydrogen-bond donors (Lipinski definition) is 0. The van der Waals surface area contributed by atoms with E-state index in [1.807, 2.05) is 12.1 Å². The largest absolute Gasteiger partial charge is 0.497 e. The molecule has 1 aromatic rings. The fourth-order valence-corrected chi connectivity index (χ4v) is 1.53. The second kappa shape index (κ2) is 5.99. The van der Waals surface area contributed by atoms with Gasteiger partial charge in [-0.25, -0.2) is 0 Å². The quantitative estimate of drug-likeness (QED) is 0.718. The molecule has 15 heavy (non-hydrogen) atoms. The number of rotatable bonds is 5. The highest BCUT2D eigenvalue weighted by Crippen LogP contribution is 2.13. The van der Waals surface area contributed by atoms with Crippen molar-refractivity contribution >= 4 is 11.6 Å². The molecular formula is C12H18ClNO. The molecule has 0 aliphatic carbocycles. The second-order valence-electron chi connectivity index (χ2n) is 3.77. The minimum Gasteiger partial charge on any atom is -0.497 e. The van der Waals surface area contributed by atoms with E-state index in [-0.39, 0.29) is 0 Å². The van der Waals surface area contributed by atoms with E-state index in [0.717, 1.165) is 12.3 Å². The lowest BCUT2D eigenvalue weighted by molar-refractivity contribution is 0.268. The first-order valence-corrected chi connectivity index (χ1v) is 5.60. The third kappa shape index (κ3) is 3.73. The van der Waals surface area contributed by atoms with Crippen LogP contribution in [0.5, 0.6) is 5.75 Å². The minimum absolute atomic E-state index is 0.397. The minimum atomic E-state index is 0.397. The number of benzene rings is 1. The Hall–Kier alpha value is -0.730. The summed E-state index contributed by atoms with van der Waals surface area (Å²) in [6.07, 6.45) is 0. The fourth-order valence-electron chi connectivity index (χ4n) is 1.29. The molecule has 3 heteroatoms. The maximum absolute atomic E-state index is 5.80. The van der Waals surface area contributed by atoms with E-state index in [0.29, 0.717) is 11.9 Å². The Morgan fingerprint density at radius 1 is 1.33 bits per heavy atom. The molecule has 0 unspecified atom stereocenters. The molecule has 0 N–H and O–H groups in total. The monoisotopic (exact) mass is 227 g/mol. The van der Waals surface area contributed by atoms with Gasteiger partial charge in [0, 0.05) is 18.5 Å². The normalized spacial score (nSPS) is 12.9. The van der Waals surface area contributed by atoms with Crippen molar-refractivity contribution in [3.63, 3.8) is 0 Å². The highest BCUT2D eigenvalue weighted by molar-refractivity contribution is 6.18. The first-order chi connectivity index (χ1) is 7.17. The van der Waals surface area contributed by atoms with Crippen molar-refractivity contribution in [2.24, 2.45) is 0 Å². The van der Waals surface area contributed by atoms with Gasteiger partial charge in [-0.2, -0.15) is 0 Å². The predicted molar refractivity (Wildman–Crippen MR) is 64.6 cm³/mol. The Bertz CT molecular complexity index is 286. The standard InChI is InChI=1S/C12H18ClNO/c1-10(8-13)14(2)9-11-4-6-12(15-3)7-5-11/h4-7,10H,8-9H2,1-3H3/t10-/m0/s1. The van der Waals surface area contributed by atoms with Gasteiger partial charge < -0.3 is 4.74 Å². The van der Waals surface area contributed by atoms with Crippen molar-refractivity contribution in [2.75, 3.05) is 20.0 Å². The Balaban J connectivity index is 2.57. The highest BCUT2D eigenvalue weighted by Gasteiger charge is 2.07. The van der Waals surface area contributed by atoms with Crippen LogP contribution in [-0.2, 0) is 6.54 Å². The van der Waals surface area contributed by atoms with Crippen LogP contribution in [0.1, 0.15) is 12.5 Å². The van der Waals surface area contributed by atoms with Gasteiger partial charge in [0.1, 0.15) is 5.75 Å². The van der Waals surface area contributed by atoms with Gasteiger partial charge in [-0.1, -0.05) is 12.1 Å². The van der Waals surface area contributed by atoms with Gasteiger partial charge in [-0.05, 0) is 31.7 Å². The number of halogens is 1. The summed E-state index contributed by atoms with van der Waals surface area (Å²) >= 11 is 5.80. The van der Waals surface area contributed by atoms with Crippen molar-refractivity contribution in [3.05, 3.63) is 29.8 Å². The lowest BCUT2D eigenvalue weighted by Gasteiger charge is -2.22. The predicted octanol–water partition coefficient (Wildman–Crippen LogP) is 2.75. The maximum atomic E-state index is 5.80. The fraction of sp³-hybridized carbons (Fsp3) is 0.500. The molecule has 0 aromatic heterocycles. The van der Waals surface area contributed by atoms with Crippen LogP contribution in [0.4, 0.5) is 0 Å². The first-order valence-electron chi connectivity index (χ1n) is 5.06. The molecule has 1 atom stereocenters. The molecule has 84 valence electrons. The van der Waals surface area contributed by atoms with E-state index < -0.39 is 0 Å². The molecular weight excluding hydrogens is 210 g/mol. The molecule has 0 aliphatic rings. The summed E-state index contributed by atoms with van der Waals surface area (Å²) in [5.41, 5.74) is 1.27. The third-order valence-corrected chi connectivity index (χ3v) is 3.01. The molecule has 1 rings (SSSR count). The first kappa shape index (κ1) is 12.3. The molecule has 0 saturated carbocycles. The van der Waals surface area contributed by atoms with Gasteiger partial charge in [0.05, 0.1) is 7.11 Å². The van der Waals surface area contributed by atoms with E-state index in [9.17, 15) is 0 Å². The van der Waals surface area contributed by atoms with Crippen molar-refractivity contribution in [2.45, 2.75) is 19.5 Å². The SMILES string of the molecule is COc1ccc(CN(C)[C@@H](C)CCl)cc1. The van der Waals surface area contributed by atoms with Gasteiger partial charge in [-0.15, -0.1) is 11.6 Å². The van der Waals surface area contributed by atoms with Crippen LogP contribution in [0.25, 0.3) is 0 Å². The number of hydrogen-bond acceptors (Lipinski definition) is 2. The Morgan fingerprint density at radius 3 is 2.40 bits per heavy atom. The average Bonchev–Trinajstić information content (AvgIpc) is 2.29. The summed E-state index contributed by atoms with van der Waals surface area (Å²) in [5.74, 6) is 1.55. The van der Waals surface area contributed by atoms with Crippen LogP contribution in [0, 0.1) is 0 Å². The number of methoxy groups -OCH3 is 1. The lowest BCUT2D eigenvalue weighted by atomic mass is 10.2. The van der Waals surface area contributed by atoms with Crippen molar-refractivity contribution in [1.29, 1.82) is 0 Å². The summed E-state index contributed by atoms with van der Waals surface area (Å²) in [4.78, 5) is 2.23. The topological polar surface area (TPSA) is 12.5 Å². The van der Waals surface area contributed by atoms with Crippen LogP contribution in [0.2, 0.25) is 0 Å². The maximum Gasteiger partial charge on any atom is 0.118 e. The Morgan fingerprint density at radius 2 is 1.93 bits per heavy atom. The smallest absolute Gasteiger partial charge is 0.118 e. The molecule has 0 fully saturated rings. The van der Waals surface area contributed by atoms with E-state index >= 15 is 0 Å². The summed E-state index contributed by atoms with van der Waals surface area (Å²) in [6.45, 7) is 3.04. The summed E-state index contributed by atoms with van der Waals surface area (Å²) in [6, 6.07) is 8.52. The van der Waals surface area contributed by atoms with Crippen LogP contribution in [0.15, 0.2) is 24.3 Å². The number of ether oxygens (including phenoxy) is 1. The third-order valence-electron chi connectivity index (χ3n) is 2.57. The molecule has 1 aromatic carbocycles. The average molecular weight is 228 g/mol. The molecule has 0 amide bonds. The van der Waals surface area contributed by atoms with Gasteiger partial charge in [0.15, 0.2) is 0 Å². The van der Waals surface area contributed by atoms with Gasteiger partial charge in [0.25, 0.3) is 0 Å². The molecule has 0 saturated heterocycles. The summed E-state index contributed by atoms with van der Waals surface area (Å²) in [7, 11) is 3.76. The Kier molecular flexibility index (Phi) is 4.92. The molecule has 0 radical (unpaired) electrons.